The third kappa shape index (κ3) is 3.79. The van der Waals surface area contributed by atoms with Gasteiger partial charge in [0.2, 0.25) is 0 Å². The van der Waals surface area contributed by atoms with Gasteiger partial charge in [-0.3, -0.25) is 0 Å². The summed E-state index contributed by atoms with van der Waals surface area (Å²) in [5.41, 5.74) is -2.55. The van der Waals surface area contributed by atoms with Crippen LogP contribution in [0.25, 0.3) is 0 Å². The monoisotopic (exact) mass is 552 g/mol. The number of ether oxygens (including phenoxy) is 3. The Balaban J connectivity index is 1.23. The molecule has 10 nitrogen and oxygen atoms in total. The Morgan fingerprint density at radius 2 is 1.67 bits per heavy atom. The van der Waals surface area contributed by atoms with E-state index in [-0.39, 0.29) is 43.2 Å². The number of aliphatic hydroxyl groups excluding tert-OH is 4. The van der Waals surface area contributed by atoms with Gasteiger partial charge in [0.1, 0.15) is 24.9 Å². The van der Waals surface area contributed by atoms with Crippen molar-refractivity contribution in [2.75, 3.05) is 6.61 Å². The maximum atomic E-state index is 12.4. The van der Waals surface area contributed by atoms with E-state index in [4.69, 9.17) is 14.2 Å². The molecule has 0 spiro atoms. The van der Waals surface area contributed by atoms with Gasteiger partial charge in [-0.15, -0.1) is 0 Å². The van der Waals surface area contributed by atoms with Gasteiger partial charge in [0.25, 0.3) is 0 Å². The summed E-state index contributed by atoms with van der Waals surface area (Å²) < 4.78 is 16.8. The predicted molar refractivity (Wildman–Crippen MR) is 136 cm³/mol. The van der Waals surface area contributed by atoms with Crippen molar-refractivity contribution in [1.29, 1.82) is 0 Å². The van der Waals surface area contributed by atoms with Gasteiger partial charge in [0.15, 0.2) is 6.29 Å². The number of hydrogen-bond donors (Lipinski definition) is 6. The van der Waals surface area contributed by atoms with Crippen LogP contribution in [0.3, 0.4) is 0 Å². The summed E-state index contributed by atoms with van der Waals surface area (Å²) >= 11 is 0. The zero-order chi connectivity index (χ0) is 28.1. The van der Waals surface area contributed by atoms with Gasteiger partial charge in [-0.05, 0) is 68.8 Å². The smallest absolute Gasteiger partial charge is 0.331 e. The number of cyclic esters (lactones) is 1. The maximum Gasteiger partial charge on any atom is 0.331 e. The fourth-order valence-electron chi connectivity index (χ4n) is 9.86. The number of carbonyl (C=O) groups is 1. The fourth-order valence-corrected chi connectivity index (χ4v) is 9.86. The topological polar surface area (TPSA) is 166 Å². The largest absolute Gasteiger partial charge is 0.458 e. The van der Waals surface area contributed by atoms with Gasteiger partial charge in [-0.2, -0.15) is 0 Å². The van der Waals surface area contributed by atoms with Crippen LogP contribution in [0.15, 0.2) is 11.6 Å². The Labute approximate surface area is 229 Å². The first-order chi connectivity index (χ1) is 18.2. The van der Waals surface area contributed by atoms with Crippen LogP contribution in [0.4, 0.5) is 0 Å². The third-order valence-electron chi connectivity index (χ3n) is 12.3. The van der Waals surface area contributed by atoms with E-state index in [1.165, 1.54) is 0 Å². The number of rotatable bonds is 3. The average Bonchev–Trinajstić information content (AvgIpc) is 3.42. The fraction of sp³-hybridized carbons (Fsp3) is 0.897. The maximum absolute atomic E-state index is 12.4. The number of esters is 1. The van der Waals surface area contributed by atoms with Gasteiger partial charge in [0, 0.05) is 29.7 Å². The van der Waals surface area contributed by atoms with Crippen LogP contribution < -0.4 is 0 Å². The van der Waals surface area contributed by atoms with Crippen LogP contribution in [0.1, 0.15) is 72.1 Å². The first-order valence-corrected chi connectivity index (χ1v) is 14.6. The molecular formula is C29H44O10. The highest BCUT2D eigenvalue weighted by Gasteiger charge is 2.72. The van der Waals surface area contributed by atoms with Crippen LogP contribution in [-0.4, -0.2) is 97.3 Å². The molecule has 4 saturated carbocycles. The Bertz CT molecular complexity index is 1030. The second-order valence-electron chi connectivity index (χ2n) is 13.8. The molecule has 0 amide bonds. The van der Waals surface area contributed by atoms with E-state index in [1.807, 2.05) is 6.92 Å². The van der Waals surface area contributed by atoms with Crippen molar-refractivity contribution in [3.8, 4) is 0 Å². The van der Waals surface area contributed by atoms with Crippen molar-refractivity contribution in [3.63, 3.8) is 0 Å². The van der Waals surface area contributed by atoms with Crippen molar-refractivity contribution in [1.82, 2.24) is 0 Å². The summed E-state index contributed by atoms with van der Waals surface area (Å²) in [6.45, 7) is 5.95. The molecule has 0 aromatic carbocycles. The first kappa shape index (κ1) is 28.0. The summed E-state index contributed by atoms with van der Waals surface area (Å²) in [6, 6.07) is 0. The molecule has 2 heterocycles. The van der Waals surface area contributed by atoms with Gasteiger partial charge < -0.3 is 44.8 Å². The summed E-state index contributed by atoms with van der Waals surface area (Å²) in [6.07, 6.45) is -1.71. The molecule has 6 rings (SSSR count). The van der Waals surface area contributed by atoms with E-state index in [2.05, 4.69) is 6.92 Å². The quantitative estimate of drug-likeness (QED) is 0.215. The molecule has 10 heteroatoms. The molecule has 0 radical (unpaired) electrons. The van der Waals surface area contributed by atoms with Gasteiger partial charge >= 0.3 is 5.97 Å². The molecular weight excluding hydrogens is 508 g/mol. The standard InChI is InChI=1S/C29H44O10/c1-14-22(32)23(33)24(34)25(38-14)39-16-11-20(30)27(3)18-4-7-26(2)17(15-10-21(31)37-13-15)6-9-29(26,36)19(18)5-8-28(27,35)12-16/h10,14,16-20,22-25,30,32-36H,4-9,11-13H2,1-3H3/t14-,16-,17+,18+,19+,20+,22-,23+,24+,25-,26+,27-,28-,29-/m0/s1. The van der Waals surface area contributed by atoms with E-state index in [0.29, 0.717) is 19.3 Å². The van der Waals surface area contributed by atoms with E-state index < -0.39 is 64.9 Å². The Morgan fingerprint density at radius 1 is 0.949 bits per heavy atom. The van der Waals surface area contributed by atoms with Crippen molar-refractivity contribution < 1.29 is 49.6 Å². The summed E-state index contributed by atoms with van der Waals surface area (Å²) in [5, 5.41) is 66.8. The number of fused-ring (bicyclic) bond motifs is 5. The molecule has 6 N–H and O–H groups in total. The number of carbonyl (C=O) groups excluding carboxylic acids is 1. The highest BCUT2D eigenvalue weighted by Crippen LogP contribution is 2.70. The minimum Gasteiger partial charge on any atom is -0.458 e. The average molecular weight is 553 g/mol. The molecule has 0 unspecified atom stereocenters. The number of aliphatic hydroxyl groups is 6. The lowest BCUT2D eigenvalue weighted by Crippen LogP contribution is -2.71. The van der Waals surface area contributed by atoms with Crippen molar-refractivity contribution >= 4 is 5.97 Å². The van der Waals surface area contributed by atoms with Crippen molar-refractivity contribution in [3.05, 3.63) is 11.6 Å². The molecule has 2 aliphatic heterocycles. The molecule has 4 aliphatic carbocycles. The van der Waals surface area contributed by atoms with Crippen LogP contribution in [-0.2, 0) is 19.0 Å². The zero-order valence-corrected chi connectivity index (χ0v) is 23.0. The Morgan fingerprint density at radius 3 is 2.36 bits per heavy atom. The molecule has 220 valence electrons. The first-order valence-electron chi connectivity index (χ1n) is 14.6. The minimum absolute atomic E-state index is 0.0655. The summed E-state index contributed by atoms with van der Waals surface area (Å²) in [5.74, 6) is -0.455. The van der Waals surface area contributed by atoms with Gasteiger partial charge in [0.05, 0.1) is 29.5 Å². The molecule has 39 heavy (non-hydrogen) atoms. The van der Waals surface area contributed by atoms with Crippen molar-refractivity contribution in [2.24, 2.45) is 28.6 Å². The third-order valence-corrected chi connectivity index (χ3v) is 12.3. The molecule has 0 aromatic rings. The van der Waals surface area contributed by atoms with Crippen LogP contribution in [0, 0.1) is 28.6 Å². The molecule has 0 aromatic heterocycles. The normalized spacial score (nSPS) is 57.3. The van der Waals surface area contributed by atoms with E-state index in [1.54, 1.807) is 13.0 Å². The summed E-state index contributed by atoms with van der Waals surface area (Å²) in [7, 11) is 0. The Hall–Kier alpha value is -1.11. The lowest BCUT2D eigenvalue weighted by Gasteiger charge is -2.67. The lowest BCUT2D eigenvalue weighted by atomic mass is 9.41. The van der Waals surface area contributed by atoms with Crippen LogP contribution >= 0.6 is 0 Å². The lowest BCUT2D eigenvalue weighted by molar-refractivity contribution is -0.329. The molecule has 5 fully saturated rings. The van der Waals surface area contributed by atoms with E-state index >= 15 is 0 Å². The van der Waals surface area contributed by atoms with Gasteiger partial charge in [-0.25, -0.2) is 4.79 Å². The van der Waals surface area contributed by atoms with Crippen LogP contribution in [0.2, 0.25) is 0 Å². The van der Waals surface area contributed by atoms with E-state index in [0.717, 1.165) is 24.8 Å². The zero-order valence-electron chi connectivity index (χ0n) is 23.0. The van der Waals surface area contributed by atoms with Gasteiger partial charge in [-0.1, -0.05) is 13.8 Å². The molecule has 1 saturated heterocycles. The van der Waals surface area contributed by atoms with E-state index in [9.17, 15) is 35.4 Å². The minimum atomic E-state index is -1.46. The molecule has 0 bridgehead atoms. The SMILES string of the molecule is C[C@@H]1O[C@@H](O[C@H]2C[C@@H](O)[C@]3(C)[C@@H]4CC[C@]5(C)[C@@H](C6=CC(=O)OC6)CC[C@]5(O)[C@@H]4CC[C@]3(O)C2)[C@H](O)[C@H](O)[C@H]1O. The number of hydrogen-bond acceptors (Lipinski definition) is 10. The predicted octanol–water partition coefficient (Wildman–Crippen LogP) is 0.542. The molecule has 14 atom stereocenters. The second-order valence-corrected chi connectivity index (χ2v) is 13.8. The van der Waals surface area contributed by atoms with Crippen LogP contribution in [0.5, 0.6) is 0 Å². The highest BCUT2D eigenvalue weighted by atomic mass is 16.7. The van der Waals surface area contributed by atoms with Crippen molar-refractivity contribution in [2.45, 2.75) is 126 Å². The second kappa shape index (κ2) is 9.19. The Kier molecular flexibility index (Phi) is 6.61. The highest BCUT2D eigenvalue weighted by molar-refractivity contribution is 5.85. The summed E-state index contributed by atoms with van der Waals surface area (Å²) in [4.78, 5) is 11.8. The molecule has 6 aliphatic rings.